The van der Waals surface area contributed by atoms with Gasteiger partial charge in [-0.25, -0.2) is 4.98 Å². The Labute approximate surface area is 95.9 Å². The van der Waals surface area contributed by atoms with Crippen LogP contribution in [0, 0.1) is 5.92 Å². The molecule has 1 aromatic rings. The van der Waals surface area contributed by atoms with Crippen molar-refractivity contribution in [1.82, 2.24) is 4.98 Å². The zero-order valence-electron chi connectivity index (χ0n) is 9.62. The van der Waals surface area contributed by atoms with Gasteiger partial charge in [0.15, 0.2) is 0 Å². The van der Waals surface area contributed by atoms with Crippen LogP contribution >= 0.6 is 11.3 Å². The Hall–Kier alpha value is -0.410. The van der Waals surface area contributed by atoms with Crippen molar-refractivity contribution >= 4 is 11.3 Å². The Kier molecular flexibility index (Phi) is 3.42. The summed E-state index contributed by atoms with van der Waals surface area (Å²) in [4.78, 5) is 6.33. The van der Waals surface area contributed by atoms with Crippen LogP contribution < -0.4 is 5.73 Å². The van der Waals surface area contributed by atoms with Crippen molar-refractivity contribution in [3.05, 3.63) is 15.6 Å². The first kappa shape index (κ1) is 11.1. The van der Waals surface area contributed by atoms with Crippen molar-refractivity contribution in [3.8, 4) is 0 Å². The second-order valence-electron chi connectivity index (χ2n) is 4.83. The molecule has 0 saturated carbocycles. The minimum absolute atomic E-state index is 0.655. The molecule has 0 aromatic carbocycles. The fourth-order valence-corrected chi connectivity index (χ4v) is 3.65. The van der Waals surface area contributed by atoms with Gasteiger partial charge in [0.1, 0.15) is 0 Å². The largest absolute Gasteiger partial charge is 0.330 e. The highest BCUT2D eigenvalue weighted by Gasteiger charge is 2.26. The van der Waals surface area contributed by atoms with Crippen molar-refractivity contribution in [2.45, 2.75) is 45.4 Å². The summed E-state index contributed by atoms with van der Waals surface area (Å²) in [6, 6.07) is 0. The van der Waals surface area contributed by atoms with Crippen molar-refractivity contribution < 1.29 is 0 Å². The Morgan fingerprint density at radius 3 is 3.00 bits per heavy atom. The van der Waals surface area contributed by atoms with E-state index in [0.29, 0.717) is 11.8 Å². The first-order chi connectivity index (χ1) is 7.20. The van der Waals surface area contributed by atoms with E-state index in [-0.39, 0.29) is 0 Å². The summed E-state index contributed by atoms with van der Waals surface area (Å²) in [5.74, 6) is 1.37. The van der Waals surface area contributed by atoms with Crippen LogP contribution in [0.4, 0.5) is 0 Å². The maximum absolute atomic E-state index is 5.63. The van der Waals surface area contributed by atoms with Crippen molar-refractivity contribution in [1.29, 1.82) is 0 Å². The average Bonchev–Trinajstić information content (AvgIpc) is 2.67. The molecule has 1 heterocycles. The summed E-state index contributed by atoms with van der Waals surface area (Å²) in [6.45, 7) is 5.30. The van der Waals surface area contributed by atoms with Crippen LogP contribution in [-0.4, -0.2) is 11.5 Å². The topological polar surface area (TPSA) is 38.9 Å². The molecular formula is C12H20N2S. The number of nitrogens with zero attached hydrogens (tertiary/aromatic N) is 1. The van der Waals surface area contributed by atoms with Crippen molar-refractivity contribution in [3.63, 3.8) is 0 Å². The van der Waals surface area contributed by atoms with Crippen LogP contribution in [0.2, 0.25) is 0 Å². The second kappa shape index (κ2) is 4.62. The smallest absolute Gasteiger partial charge is 0.0933 e. The van der Waals surface area contributed by atoms with E-state index in [1.54, 1.807) is 0 Å². The van der Waals surface area contributed by atoms with Gasteiger partial charge in [-0.05, 0) is 31.7 Å². The lowest BCUT2D eigenvalue weighted by molar-refractivity contribution is 0.605. The van der Waals surface area contributed by atoms with E-state index in [0.717, 1.165) is 19.4 Å². The molecule has 1 aliphatic rings. The minimum Gasteiger partial charge on any atom is -0.330 e. The normalized spacial score (nSPS) is 19.9. The van der Waals surface area contributed by atoms with Gasteiger partial charge in [-0.2, -0.15) is 0 Å². The van der Waals surface area contributed by atoms with E-state index in [4.69, 9.17) is 10.7 Å². The van der Waals surface area contributed by atoms with Crippen LogP contribution in [0.1, 0.15) is 48.2 Å². The van der Waals surface area contributed by atoms with Gasteiger partial charge in [0.25, 0.3) is 0 Å². The molecule has 0 aliphatic heterocycles. The number of aryl methyl sites for hydroxylation is 1. The summed E-state index contributed by atoms with van der Waals surface area (Å²) in [7, 11) is 0. The molecule has 1 atom stereocenters. The van der Waals surface area contributed by atoms with Gasteiger partial charge >= 0.3 is 0 Å². The second-order valence-corrected chi connectivity index (χ2v) is 6.00. The van der Waals surface area contributed by atoms with Crippen molar-refractivity contribution in [2.75, 3.05) is 6.54 Å². The van der Waals surface area contributed by atoms with Gasteiger partial charge in [0.05, 0.1) is 10.7 Å². The molecule has 2 nitrogen and oxygen atoms in total. The van der Waals surface area contributed by atoms with Gasteiger partial charge in [-0.1, -0.05) is 13.8 Å². The number of hydrogen-bond donors (Lipinski definition) is 1. The van der Waals surface area contributed by atoms with Gasteiger partial charge in [-0.15, -0.1) is 11.3 Å². The zero-order chi connectivity index (χ0) is 10.8. The van der Waals surface area contributed by atoms with Crippen molar-refractivity contribution in [2.24, 2.45) is 11.7 Å². The Bertz CT molecular complexity index is 330. The number of rotatable bonds is 4. The number of thiazole rings is 1. The number of fused-ring (bicyclic) bond motifs is 1. The summed E-state index contributed by atoms with van der Waals surface area (Å²) < 4.78 is 0. The number of aromatic nitrogens is 1. The van der Waals surface area contributed by atoms with E-state index in [9.17, 15) is 0 Å². The molecule has 0 fully saturated rings. The molecule has 0 saturated heterocycles. The highest BCUT2D eigenvalue weighted by atomic mass is 32.1. The Morgan fingerprint density at radius 1 is 1.53 bits per heavy atom. The summed E-state index contributed by atoms with van der Waals surface area (Å²) in [5, 5.41) is 1.33. The quantitative estimate of drug-likeness (QED) is 0.854. The van der Waals surface area contributed by atoms with E-state index >= 15 is 0 Å². The van der Waals surface area contributed by atoms with E-state index < -0.39 is 0 Å². The van der Waals surface area contributed by atoms with Crippen LogP contribution in [0.15, 0.2) is 0 Å². The maximum atomic E-state index is 5.63. The standard InChI is InChI=1S/C12H20N2S/c1-8(2)7-11-14-12-9(5-6-13)3-4-10(12)15-11/h8-9H,3-7,13H2,1-2H3. The van der Waals surface area contributed by atoms with Crippen LogP contribution in [0.5, 0.6) is 0 Å². The van der Waals surface area contributed by atoms with E-state index in [1.807, 2.05) is 11.3 Å². The summed E-state index contributed by atoms with van der Waals surface area (Å²) in [5.41, 5.74) is 7.00. The maximum Gasteiger partial charge on any atom is 0.0933 e. The van der Waals surface area contributed by atoms with Crippen LogP contribution in [-0.2, 0) is 12.8 Å². The average molecular weight is 224 g/mol. The van der Waals surface area contributed by atoms with Crippen LogP contribution in [0.25, 0.3) is 0 Å². The third kappa shape index (κ3) is 2.40. The molecule has 0 radical (unpaired) electrons. The predicted molar refractivity (Wildman–Crippen MR) is 65.4 cm³/mol. The lowest BCUT2D eigenvalue weighted by Gasteiger charge is -2.06. The number of hydrogen-bond acceptors (Lipinski definition) is 3. The molecule has 1 aromatic heterocycles. The van der Waals surface area contributed by atoms with E-state index in [2.05, 4.69) is 13.8 Å². The number of nitrogens with two attached hydrogens (primary N) is 1. The molecule has 3 heteroatoms. The zero-order valence-corrected chi connectivity index (χ0v) is 10.4. The molecule has 0 bridgehead atoms. The fraction of sp³-hybridized carbons (Fsp3) is 0.750. The highest BCUT2D eigenvalue weighted by molar-refractivity contribution is 7.11. The molecule has 0 spiro atoms. The van der Waals surface area contributed by atoms with Gasteiger partial charge < -0.3 is 5.73 Å². The molecule has 2 rings (SSSR count). The molecule has 2 N–H and O–H groups in total. The molecule has 1 unspecified atom stereocenters. The molecular weight excluding hydrogens is 204 g/mol. The molecule has 0 amide bonds. The molecule has 15 heavy (non-hydrogen) atoms. The molecule has 1 aliphatic carbocycles. The Balaban J connectivity index is 2.11. The lowest BCUT2D eigenvalue weighted by Crippen LogP contribution is -2.05. The summed E-state index contributed by atoms with van der Waals surface area (Å²) in [6.07, 6.45) is 4.74. The van der Waals surface area contributed by atoms with Gasteiger partial charge in [0.2, 0.25) is 0 Å². The van der Waals surface area contributed by atoms with Gasteiger partial charge in [0, 0.05) is 17.2 Å². The monoisotopic (exact) mass is 224 g/mol. The Morgan fingerprint density at radius 2 is 2.33 bits per heavy atom. The highest BCUT2D eigenvalue weighted by Crippen LogP contribution is 2.38. The van der Waals surface area contributed by atoms with E-state index in [1.165, 1.54) is 28.4 Å². The fourth-order valence-electron chi connectivity index (χ4n) is 2.27. The first-order valence-electron chi connectivity index (χ1n) is 5.89. The first-order valence-corrected chi connectivity index (χ1v) is 6.71. The third-order valence-electron chi connectivity index (χ3n) is 2.98. The SMILES string of the molecule is CC(C)Cc1nc2c(s1)CCC2CCN. The summed E-state index contributed by atoms with van der Waals surface area (Å²) >= 11 is 1.93. The minimum atomic E-state index is 0.655. The van der Waals surface area contributed by atoms with Gasteiger partial charge in [-0.3, -0.25) is 0 Å². The molecule has 84 valence electrons. The third-order valence-corrected chi connectivity index (χ3v) is 4.13. The lowest BCUT2D eigenvalue weighted by atomic mass is 10.0. The predicted octanol–water partition coefficient (Wildman–Crippen LogP) is 2.72. The van der Waals surface area contributed by atoms with Crippen LogP contribution in [0.3, 0.4) is 0 Å².